The van der Waals surface area contributed by atoms with E-state index in [1.165, 1.54) is 29.0 Å². The molecule has 3 nitrogen and oxygen atoms in total. The predicted molar refractivity (Wildman–Crippen MR) is 66.4 cm³/mol. The van der Waals surface area contributed by atoms with Crippen molar-refractivity contribution in [3.8, 4) is 11.4 Å². The maximum Gasteiger partial charge on any atom is 0.573 e. The van der Waals surface area contributed by atoms with E-state index in [1.807, 2.05) is 0 Å². The number of hydrogen-bond acceptors (Lipinski definition) is 2. The molecule has 1 aromatic heterocycles. The molecule has 1 aromatic carbocycles. The number of rotatable bonds is 2. The van der Waals surface area contributed by atoms with E-state index in [1.54, 1.807) is 6.07 Å². The zero-order valence-electron chi connectivity index (χ0n) is 9.32. The molecule has 0 saturated heterocycles. The fraction of sp³-hybridized carbons (Fsp3) is 0.0833. The molecule has 1 heterocycles. The smallest absolute Gasteiger partial charge is 0.406 e. The quantitative estimate of drug-likeness (QED) is 0.842. The Bertz CT molecular complexity index is 635. The summed E-state index contributed by atoms with van der Waals surface area (Å²) in [5.74, 6) is -0.332. The third-order valence-corrected chi connectivity index (χ3v) is 2.72. The molecular formula is C12H7BrF3NO2. The molecule has 0 aliphatic heterocycles. The van der Waals surface area contributed by atoms with Gasteiger partial charge in [-0.2, -0.15) is 0 Å². The number of alkyl halides is 3. The minimum absolute atomic E-state index is 0.293. The van der Waals surface area contributed by atoms with Crippen molar-refractivity contribution >= 4 is 15.9 Å². The Hall–Kier alpha value is -1.76. The van der Waals surface area contributed by atoms with Crippen molar-refractivity contribution in [1.29, 1.82) is 0 Å². The number of nitrogens with zero attached hydrogens (tertiary/aromatic N) is 1. The summed E-state index contributed by atoms with van der Waals surface area (Å²) in [6.07, 6.45) is -3.21. The first-order valence-electron chi connectivity index (χ1n) is 5.09. The molecule has 7 heteroatoms. The Balaban J connectivity index is 2.30. The third-order valence-electron chi connectivity index (χ3n) is 2.23. The molecule has 0 atom stereocenters. The molecule has 19 heavy (non-hydrogen) atoms. The van der Waals surface area contributed by atoms with Crippen molar-refractivity contribution in [3.05, 3.63) is 57.4 Å². The fourth-order valence-corrected chi connectivity index (χ4v) is 1.79. The SMILES string of the molecule is O=c1cc(Br)ccn1-c1ccc(OC(F)(F)F)cc1. The Morgan fingerprint density at radius 1 is 1.11 bits per heavy atom. The van der Waals surface area contributed by atoms with Crippen LogP contribution >= 0.6 is 15.9 Å². The molecule has 0 saturated carbocycles. The zero-order chi connectivity index (χ0) is 14.0. The molecule has 100 valence electrons. The monoisotopic (exact) mass is 333 g/mol. The summed E-state index contributed by atoms with van der Waals surface area (Å²) in [5.41, 5.74) is 0.158. The van der Waals surface area contributed by atoms with Gasteiger partial charge in [-0.15, -0.1) is 13.2 Å². The molecule has 2 aromatic rings. The normalized spacial score (nSPS) is 11.4. The lowest BCUT2D eigenvalue weighted by Gasteiger charge is -2.10. The Labute approximate surface area is 114 Å². The Morgan fingerprint density at radius 3 is 2.26 bits per heavy atom. The van der Waals surface area contributed by atoms with Crippen LogP contribution in [0.4, 0.5) is 13.2 Å². The van der Waals surface area contributed by atoms with Crippen LogP contribution in [0.1, 0.15) is 0 Å². The molecule has 0 amide bonds. The Kier molecular flexibility index (Phi) is 3.66. The second kappa shape index (κ2) is 5.08. The van der Waals surface area contributed by atoms with Crippen LogP contribution in [-0.2, 0) is 0 Å². The van der Waals surface area contributed by atoms with E-state index in [4.69, 9.17) is 0 Å². The van der Waals surface area contributed by atoms with E-state index in [-0.39, 0.29) is 11.3 Å². The summed E-state index contributed by atoms with van der Waals surface area (Å²) in [5, 5.41) is 0. The average molecular weight is 334 g/mol. The van der Waals surface area contributed by atoms with Gasteiger partial charge in [0.2, 0.25) is 0 Å². The van der Waals surface area contributed by atoms with Gasteiger partial charge in [-0.1, -0.05) is 15.9 Å². The van der Waals surface area contributed by atoms with Crippen LogP contribution in [0.15, 0.2) is 51.9 Å². The second-order valence-electron chi connectivity index (χ2n) is 3.59. The summed E-state index contributed by atoms with van der Waals surface area (Å²) < 4.78 is 41.7. The van der Waals surface area contributed by atoms with Gasteiger partial charge in [0.25, 0.3) is 5.56 Å². The van der Waals surface area contributed by atoms with Crippen molar-refractivity contribution in [2.24, 2.45) is 0 Å². The van der Waals surface area contributed by atoms with Crippen molar-refractivity contribution < 1.29 is 17.9 Å². The van der Waals surface area contributed by atoms with Gasteiger partial charge in [0.15, 0.2) is 0 Å². The summed E-state index contributed by atoms with van der Waals surface area (Å²) in [4.78, 5) is 11.7. The molecule has 0 radical (unpaired) electrons. The highest BCUT2D eigenvalue weighted by Gasteiger charge is 2.30. The molecule has 0 spiro atoms. The van der Waals surface area contributed by atoms with Crippen molar-refractivity contribution in [2.45, 2.75) is 6.36 Å². The highest BCUT2D eigenvalue weighted by atomic mass is 79.9. The van der Waals surface area contributed by atoms with Crippen molar-refractivity contribution in [2.75, 3.05) is 0 Å². The van der Waals surface area contributed by atoms with E-state index in [0.29, 0.717) is 10.2 Å². The van der Waals surface area contributed by atoms with Crippen LogP contribution < -0.4 is 10.3 Å². The summed E-state index contributed by atoms with van der Waals surface area (Å²) in [6.45, 7) is 0. The van der Waals surface area contributed by atoms with Gasteiger partial charge >= 0.3 is 6.36 Å². The topological polar surface area (TPSA) is 31.2 Å². The van der Waals surface area contributed by atoms with E-state index in [2.05, 4.69) is 20.7 Å². The van der Waals surface area contributed by atoms with E-state index < -0.39 is 6.36 Å². The second-order valence-corrected chi connectivity index (χ2v) is 4.51. The van der Waals surface area contributed by atoms with Gasteiger partial charge in [-0.05, 0) is 30.3 Å². The maximum atomic E-state index is 12.0. The van der Waals surface area contributed by atoms with Crippen LogP contribution in [-0.4, -0.2) is 10.9 Å². The van der Waals surface area contributed by atoms with Crippen LogP contribution in [0.5, 0.6) is 5.75 Å². The lowest BCUT2D eigenvalue weighted by molar-refractivity contribution is -0.274. The standard InChI is InChI=1S/C12H7BrF3NO2/c13-8-5-6-17(11(18)7-8)9-1-3-10(4-2-9)19-12(14,15)16/h1-7H. The van der Waals surface area contributed by atoms with Gasteiger partial charge in [0.05, 0.1) is 0 Å². The fourth-order valence-electron chi connectivity index (χ4n) is 1.48. The van der Waals surface area contributed by atoms with Gasteiger partial charge < -0.3 is 4.74 Å². The number of aromatic nitrogens is 1. The number of halogens is 4. The number of pyridine rings is 1. The molecule has 0 fully saturated rings. The van der Waals surface area contributed by atoms with Crippen LogP contribution in [0.3, 0.4) is 0 Å². The lowest BCUT2D eigenvalue weighted by Crippen LogP contribution is -2.18. The van der Waals surface area contributed by atoms with E-state index >= 15 is 0 Å². The van der Waals surface area contributed by atoms with Gasteiger partial charge in [-0.25, -0.2) is 0 Å². The predicted octanol–water partition coefficient (Wildman–Crippen LogP) is 3.50. The molecule has 0 unspecified atom stereocenters. The minimum Gasteiger partial charge on any atom is -0.406 e. The molecular weight excluding hydrogens is 327 g/mol. The molecule has 0 aliphatic rings. The summed E-state index contributed by atoms with van der Waals surface area (Å²) in [7, 11) is 0. The van der Waals surface area contributed by atoms with E-state index in [0.717, 1.165) is 12.1 Å². The van der Waals surface area contributed by atoms with E-state index in [9.17, 15) is 18.0 Å². The van der Waals surface area contributed by atoms with Gasteiger partial charge in [0.1, 0.15) is 5.75 Å². The van der Waals surface area contributed by atoms with Crippen LogP contribution in [0, 0.1) is 0 Å². The highest BCUT2D eigenvalue weighted by Crippen LogP contribution is 2.23. The molecule has 0 N–H and O–H groups in total. The van der Waals surface area contributed by atoms with Gasteiger partial charge in [0, 0.05) is 22.4 Å². The highest BCUT2D eigenvalue weighted by molar-refractivity contribution is 9.10. The first-order valence-corrected chi connectivity index (χ1v) is 5.89. The average Bonchev–Trinajstić information content (AvgIpc) is 2.28. The summed E-state index contributed by atoms with van der Waals surface area (Å²) in [6, 6.07) is 8.06. The Morgan fingerprint density at radius 2 is 1.74 bits per heavy atom. The third kappa shape index (κ3) is 3.60. The summed E-state index contributed by atoms with van der Waals surface area (Å²) >= 11 is 3.16. The van der Waals surface area contributed by atoms with Crippen LogP contribution in [0.25, 0.3) is 5.69 Å². The van der Waals surface area contributed by atoms with Crippen molar-refractivity contribution in [1.82, 2.24) is 4.57 Å². The van der Waals surface area contributed by atoms with Crippen molar-refractivity contribution in [3.63, 3.8) is 0 Å². The molecule has 2 rings (SSSR count). The molecule has 0 aliphatic carbocycles. The lowest BCUT2D eigenvalue weighted by atomic mass is 10.3. The van der Waals surface area contributed by atoms with Crippen LogP contribution in [0.2, 0.25) is 0 Å². The number of benzene rings is 1. The van der Waals surface area contributed by atoms with Gasteiger partial charge in [-0.3, -0.25) is 9.36 Å². The molecule has 0 bridgehead atoms. The number of ether oxygens (including phenoxy) is 1. The number of hydrogen-bond donors (Lipinski definition) is 0. The maximum absolute atomic E-state index is 12.0. The first-order chi connectivity index (χ1) is 8.85. The first kappa shape index (κ1) is 13.7. The zero-order valence-corrected chi connectivity index (χ0v) is 10.9. The largest absolute Gasteiger partial charge is 0.573 e. The minimum atomic E-state index is -4.73.